The van der Waals surface area contributed by atoms with Crippen molar-refractivity contribution >= 4 is 5.96 Å². The molecule has 1 aromatic carbocycles. The molecule has 1 fully saturated rings. The van der Waals surface area contributed by atoms with Crippen LogP contribution in [0.5, 0.6) is 0 Å². The molecule has 0 spiro atoms. The maximum Gasteiger partial charge on any atom is 0.191 e. The van der Waals surface area contributed by atoms with Crippen molar-refractivity contribution in [2.45, 2.75) is 18.8 Å². The molecule has 2 atom stereocenters. The summed E-state index contributed by atoms with van der Waals surface area (Å²) in [4.78, 5) is 4.42. The fourth-order valence-electron chi connectivity index (χ4n) is 2.46. The van der Waals surface area contributed by atoms with Gasteiger partial charge in [0.05, 0.1) is 0 Å². The molecule has 0 aromatic heterocycles. The Labute approximate surface area is 102 Å². The zero-order valence-electron chi connectivity index (χ0n) is 10.0. The molecule has 0 saturated heterocycles. The number of benzene rings is 1. The van der Waals surface area contributed by atoms with Crippen molar-refractivity contribution in [2.75, 3.05) is 19.6 Å². The first-order valence-corrected chi connectivity index (χ1v) is 6.50. The van der Waals surface area contributed by atoms with E-state index >= 15 is 0 Å². The highest BCUT2D eigenvalue weighted by Crippen LogP contribution is 2.46. The predicted molar refractivity (Wildman–Crippen MR) is 70.2 cm³/mol. The van der Waals surface area contributed by atoms with E-state index in [1.165, 1.54) is 12.0 Å². The standard InChI is InChI=1S/C14H19N3/c1-2-5-11(6-3-1)13-9-12(13)10-17-14-15-7-4-8-16-14/h1-3,5-6,12-13H,4,7-10H2,(H2,15,16,17). The van der Waals surface area contributed by atoms with Crippen molar-refractivity contribution in [2.24, 2.45) is 10.9 Å². The van der Waals surface area contributed by atoms with Crippen LogP contribution in [0.3, 0.4) is 0 Å². The van der Waals surface area contributed by atoms with E-state index in [0.29, 0.717) is 0 Å². The molecule has 17 heavy (non-hydrogen) atoms. The van der Waals surface area contributed by atoms with E-state index in [9.17, 15) is 0 Å². The Morgan fingerprint density at radius 2 is 2.18 bits per heavy atom. The van der Waals surface area contributed by atoms with Crippen LogP contribution in [0.25, 0.3) is 0 Å². The summed E-state index contributed by atoms with van der Waals surface area (Å²) in [5.74, 6) is 2.53. The third kappa shape index (κ3) is 2.60. The predicted octanol–water partition coefficient (Wildman–Crippen LogP) is 1.73. The van der Waals surface area contributed by atoms with Crippen molar-refractivity contribution in [3.63, 3.8) is 0 Å². The number of guanidine groups is 1. The molecular formula is C14H19N3. The second-order valence-electron chi connectivity index (χ2n) is 4.90. The summed E-state index contributed by atoms with van der Waals surface area (Å²) < 4.78 is 0. The van der Waals surface area contributed by atoms with E-state index in [0.717, 1.165) is 43.9 Å². The lowest BCUT2D eigenvalue weighted by molar-refractivity contribution is 0.674. The minimum Gasteiger partial charge on any atom is -0.356 e. The fraction of sp³-hybridized carbons (Fsp3) is 0.500. The minimum atomic E-state index is 0.757. The number of nitrogens with one attached hydrogen (secondary N) is 2. The summed E-state index contributed by atoms with van der Waals surface area (Å²) in [5, 5.41) is 6.72. The molecule has 1 aromatic rings. The lowest BCUT2D eigenvalue weighted by atomic mass is 10.1. The Balaban J connectivity index is 1.48. The highest BCUT2D eigenvalue weighted by Gasteiger charge is 2.37. The van der Waals surface area contributed by atoms with E-state index in [1.807, 2.05) is 0 Å². The molecule has 2 N–H and O–H groups in total. The summed E-state index contributed by atoms with van der Waals surface area (Å²) in [5.41, 5.74) is 1.48. The average Bonchev–Trinajstić information content (AvgIpc) is 3.18. The van der Waals surface area contributed by atoms with Gasteiger partial charge >= 0.3 is 0 Å². The normalized spacial score (nSPS) is 26.9. The Kier molecular flexibility index (Phi) is 2.99. The zero-order chi connectivity index (χ0) is 11.5. The van der Waals surface area contributed by atoms with Crippen LogP contribution in [0, 0.1) is 5.92 Å². The number of rotatable bonds is 3. The third-order valence-corrected chi connectivity index (χ3v) is 3.58. The number of hydrogen-bond acceptors (Lipinski definition) is 3. The van der Waals surface area contributed by atoms with Gasteiger partial charge < -0.3 is 10.6 Å². The van der Waals surface area contributed by atoms with Gasteiger partial charge in [0, 0.05) is 19.6 Å². The van der Waals surface area contributed by atoms with Gasteiger partial charge in [-0.15, -0.1) is 0 Å². The van der Waals surface area contributed by atoms with Crippen LogP contribution in [0.4, 0.5) is 0 Å². The van der Waals surface area contributed by atoms with Crippen LogP contribution in [-0.2, 0) is 0 Å². The van der Waals surface area contributed by atoms with Crippen LogP contribution >= 0.6 is 0 Å². The molecule has 1 aliphatic carbocycles. The lowest BCUT2D eigenvalue weighted by Gasteiger charge is -2.15. The van der Waals surface area contributed by atoms with Crippen LogP contribution in [0.15, 0.2) is 35.3 Å². The monoisotopic (exact) mass is 229 g/mol. The van der Waals surface area contributed by atoms with Crippen molar-refractivity contribution in [3.8, 4) is 0 Å². The topological polar surface area (TPSA) is 36.4 Å². The van der Waals surface area contributed by atoms with Crippen LogP contribution in [-0.4, -0.2) is 25.6 Å². The summed E-state index contributed by atoms with van der Waals surface area (Å²) in [6.45, 7) is 3.06. The van der Waals surface area contributed by atoms with Crippen molar-refractivity contribution in [1.29, 1.82) is 0 Å². The number of aliphatic imine (C=N–C) groups is 1. The highest BCUT2D eigenvalue weighted by molar-refractivity contribution is 5.80. The molecule has 1 aliphatic heterocycles. The molecule has 0 amide bonds. The van der Waals surface area contributed by atoms with E-state index in [1.54, 1.807) is 0 Å². The Hall–Kier alpha value is -1.51. The molecule has 3 rings (SSSR count). The van der Waals surface area contributed by atoms with E-state index in [4.69, 9.17) is 0 Å². The van der Waals surface area contributed by atoms with Gasteiger partial charge in [-0.2, -0.15) is 0 Å². The van der Waals surface area contributed by atoms with E-state index in [-0.39, 0.29) is 0 Å². The van der Waals surface area contributed by atoms with Gasteiger partial charge in [-0.1, -0.05) is 30.3 Å². The molecule has 0 bridgehead atoms. The van der Waals surface area contributed by atoms with Crippen LogP contribution < -0.4 is 10.6 Å². The molecule has 2 aliphatic rings. The van der Waals surface area contributed by atoms with Crippen LogP contribution in [0.1, 0.15) is 24.3 Å². The average molecular weight is 229 g/mol. The van der Waals surface area contributed by atoms with Gasteiger partial charge in [0.2, 0.25) is 0 Å². The van der Waals surface area contributed by atoms with Gasteiger partial charge in [-0.05, 0) is 30.2 Å². The minimum absolute atomic E-state index is 0.757. The molecular weight excluding hydrogens is 210 g/mol. The maximum absolute atomic E-state index is 4.42. The first-order valence-electron chi connectivity index (χ1n) is 6.50. The van der Waals surface area contributed by atoms with Gasteiger partial charge in [-0.25, -0.2) is 0 Å². The van der Waals surface area contributed by atoms with Gasteiger partial charge in [0.15, 0.2) is 5.96 Å². The fourth-order valence-corrected chi connectivity index (χ4v) is 2.46. The maximum atomic E-state index is 4.42. The summed E-state index contributed by atoms with van der Waals surface area (Å²) in [7, 11) is 0. The van der Waals surface area contributed by atoms with Gasteiger partial charge in [-0.3, -0.25) is 4.99 Å². The molecule has 1 saturated carbocycles. The second kappa shape index (κ2) is 4.78. The number of nitrogens with zero attached hydrogens (tertiary/aromatic N) is 1. The van der Waals surface area contributed by atoms with E-state index < -0.39 is 0 Å². The molecule has 3 heteroatoms. The molecule has 0 radical (unpaired) electrons. The van der Waals surface area contributed by atoms with Crippen molar-refractivity contribution < 1.29 is 0 Å². The summed E-state index contributed by atoms with van der Waals surface area (Å²) in [6.07, 6.45) is 2.46. The molecule has 3 nitrogen and oxygen atoms in total. The molecule has 90 valence electrons. The Morgan fingerprint density at radius 3 is 2.94 bits per heavy atom. The van der Waals surface area contributed by atoms with Crippen molar-refractivity contribution in [1.82, 2.24) is 10.6 Å². The third-order valence-electron chi connectivity index (χ3n) is 3.58. The molecule has 1 heterocycles. The first-order chi connectivity index (χ1) is 8.43. The van der Waals surface area contributed by atoms with Gasteiger partial charge in [0.1, 0.15) is 0 Å². The smallest absolute Gasteiger partial charge is 0.191 e. The SMILES string of the molecule is c1ccc(C2CC2CNC2=NCCCN2)cc1. The quantitative estimate of drug-likeness (QED) is 0.828. The molecule has 2 unspecified atom stereocenters. The van der Waals surface area contributed by atoms with E-state index in [2.05, 4.69) is 46.0 Å². The first kappa shape index (κ1) is 10.6. The van der Waals surface area contributed by atoms with Gasteiger partial charge in [0.25, 0.3) is 0 Å². The second-order valence-corrected chi connectivity index (χ2v) is 4.90. The Bertz CT molecular complexity index is 399. The van der Waals surface area contributed by atoms with Crippen molar-refractivity contribution in [3.05, 3.63) is 35.9 Å². The zero-order valence-corrected chi connectivity index (χ0v) is 10.0. The summed E-state index contributed by atoms with van der Waals surface area (Å²) >= 11 is 0. The number of hydrogen-bond donors (Lipinski definition) is 2. The Morgan fingerprint density at radius 1 is 1.29 bits per heavy atom. The lowest BCUT2D eigenvalue weighted by Crippen LogP contribution is -2.41. The van der Waals surface area contributed by atoms with Crippen LogP contribution in [0.2, 0.25) is 0 Å². The largest absolute Gasteiger partial charge is 0.356 e. The highest BCUT2D eigenvalue weighted by atomic mass is 15.2. The summed E-state index contributed by atoms with van der Waals surface area (Å²) in [6, 6.07) is 10.8.